The Hall–Kier alpha value is -2.63. The van der Waals surface area contributed by atoms with Crippen molar-refractivity contribution in [2.45, 2.75) is 13.5 Å². The molecule has 2 heterocycles. The van der Waals surface area contributed by atoms with E-state index >= 15 is 0 Å². The van der Waals surface area contributed by atoms with Gasteiger partial charge in [0.1, 0.15) is 5.76 Å². The molecule has 0 N–H and O–H groups in total. The summed E-state index contributed by atoms with van der Waals surface area (Å²) in [7, 11) is 0. The zero-order valence-electron chi connectivity index (χ0n) is 14.0. The summed E-state index contributed by atoms with van der Waals surface area (Å²) in [6.45, 7) is 2.25. The van der Waals surface area contributed by atoms with Gasteiger partial charge in [-0.3, -0.25) is 9.69 Å². The van der Waals surface area contributed by atoms with Crippen molar-refractivity contribution in [2.24, 2.45) is 0 Å². The lowest BCUT2D eigenvalue weighted by atomic mass is 10.2. The Bertz CT molecular complexity index is 1060. The molecule has 26 heavy (non-hydrogen) atoms. The molecule has 130 valence electrons. The van der Waals surface area contributed by atoms with Gasteiger partial charge in [0, 0.05) is 10.6 Å². The van der Waals surface area contributed by atoms with Crippen molar-refractivity contribution in [3.05, 3.63) is 82.8 Å². The molecule has 0 bridgehead atoms. The minimum absolute atomic E-state index is 0.121. The monoisotopic (exact) mass is 382 g/mol. The lowest BCUT2D eigenvalue weighted by Crippen LogP contribution is -2.30. The lowest BCUT2D eigenvalue weighted by Gasteiger charge is -2.18. The molecule has 4 rings (SSSR count). The largest absolute Gasteiger partial charge is 0.467 e. The van der Waals surface area contributed by atoms with Crippen molar-refractivity contribution in [1.29, 1.82) is 0 Å². The van der Waals surface area contributed by atoms with Gasteiger partial charge in [0.2, 0.25) is 0 Å². The van der Waals surface area contributed by atoms with Crippen LogP contribution >= 0.6 is 22.9 Å². The number of carbonyl (C=O) groups excluding carboxylic acids is 1. The van der Waals surface area contributed by atoms with Gasteiger partial charge in [0.05, 0.1) is 23.0 Å². The van der Waals surface area contributed by atoms with E-state index in [0.717, 1.165) is 15.8 Å². The topological polar surface area (TPSA) is 46.3 Å². The molecule has 0 aliphatic rings. The number of carbonyl (C=O) groups is 1. The van der Waals surface area contributed by atoms with Crippen molar-refractivity contribution in [3.8, 4) is 0 Å². The lowest BCUT2D eigenvalue weighted by molar-refractivity contribution is 0.0983. The number of nitrogens with zero attached hydrogens (tertiary/aromatic N) is 2. The Labute approximate surface area is 159 Å². The van der Waals surface area contributed by atoms with E-state index < -0.39 is 0 Å². The summed E-state index contributed by atoms with van der Waals surface area (Å²) in [6, 6.07) is 16.6. The van der Waals surface area contributed by atoms with Crippen LogP contribution in [0.5, 0.6) is 0 Å². The number of thiazole rings is 1. The molecule has 4 nitrogen and oxygen atoms in total. The predicted octanol–water partition coefficient (Wildman–Crippen LogP) is 5.70. The van der Waals surface area contributed by atoms with E-state index in [0.29, 0.717) is 28.0 Å². The Morgan fingerprint density at radius 3 is 2.69 bits per heavy atom. The molecule has 4 aromatic rings. The van der Waals surface area contributed by atoms with Crippen LogP contribution in [0.4, 0.5) is 5.13 Å². The number of aromatic nitrogens is 1. The van der Waals surface area contributed by atoms with Gasteiger partial charge >= 0.3 is 0 Å². The smallest absolute Gasteiger partial charge is 0.260 e. The van der Waals surface area contributed by atoms with E-state index in [4.69, 9.17) is 21.0 Å². The minimum atomic E-state index is -0.121. The number of hydrogen-bond acceptors (Lipinski definition) is 4. The summed E-state index contributed by atoms with van der Waals surface area (Å²) in [4.78, 5) is 19.5. The standard InChI is InChI=1S/C20H15ClN2O2S/c1-13-16(21)9-10-17-18(13)22-20(26-17)23(12-15-8-5-11-25-15)19(24)14-6-3-2-4-7-14/h2-11H,12H2,1H3. The SMILES string of the molecule is Cc1c(Cl)ccc2sc(N(Cc3ccco3)C(=O)c3ccccc3)nc12. The van der Waals surface area contributed by atoms with E-state index in [1.54, 1.807) is 23.3 Å². The second-order valence-electron chi connectivity index (χ2n) is 5.85. The molecule has 0 atom stereocenters. The van der Waals surface area contributed by atoms with Crippen LogP contribution in [-0.4, -0.2) is 10.9 Å². The van der Waals surface area contributed by atoms with Crippen molar-refractivity contribution in [1.82, 2.24) is 4.98 Å². The Kier molecular flexibility index (Phi) is 4.49. The van der Waals surface area contributed by atoms with Crippen LogP contribution in [0.15, 0.2) is 65.3 Å². The van der Waals surface area contributed by atoms with Gasteiger partial charge in [-0.15, -0.1) is 0 Å². The number of anilines is 1. The number of aryl methyl sites for hydroxylation is 1. The molecule has 2 aromatic heterocycles. The normalized spacial score (nSPS) is 11.0. The highest BCUT2D eigenvalue weighted by molar-refractivity contribution is 7.22. The van der Waals surface area contributed by atoms with E-state index in [1.807, 2.05) is 49.4 Å². The van der Waals surface area contributed by atoms with E-state index in [1.165, 1.54) is 11.3 Å². The first-order valence-electron chi connectivity index (χ1n) is 8.08. The fraction of sp³-hybridized carbons (Fsp3) is 0.100. The van der Waals surface area contributed by atoms with Crippen LogP contribution < -0.4 is 4.90 Å². The molecule has 0 spiro atoms. The number of benzene rings is 2. The minimum Gasteiger partial charge on any atom is -0.467 e. The predicted molar refractivity (Wildman–Crippen MR) is 105 cm³/mol. The number of halogens is 1. The first kappa shape index (κ1) is 16.8. The van der Waals surface area contributed by atoms with Crippen LogP contribution in [0.25, 0.3) is 10.2 Å². The highest BCUT2D eigenvalue weighted by atomic mass is 35.5. The highest BCUT2D eigenvalue weighted by Crippen LogP contribution is 2.34. The maximum atomic E-state index is 13.1. The van der Waals surface area contributed by atoms with Crippen LogP contribution in [-0.2, 0) is 6.54 Å². The summed E-state index contributed by atoms with van der Waals surface area (Å²) in [6.07, 6.45) is 1.60. The molecule has 0 aliphatic heterocycles. The number of fused-ring (bicyclic) bond motifs is 1. The quantitative estimate of drug-likeness (QED) is 0.455. The number of hydrogen-bond donors (Lipinski definition) is 0. The second-order valence-corrected chi connectivity index (χ2v) is 7.27. The maximum absolute atomic E-state index is 13.1. The summed E-state index contributed by atoms with van der Waals surface area (Å²) >= 11 is 7.69. The fourth-order valence-corrected chi connectivity index (χ4v) is 3.90. The van der Waals surface area contributed by atoms with Crippen LogP contribution in [0.3, 0.4) is 0 Å². The second kappa shape index (κ2) is 6.94. The molecule has 0 fully saturated rings. The number of furan rings is 1. The highest BCUT2D eigenvalue weighted by Gasteiger charge is 2.23. The van der Waals surface area contributed by atoms with Gasteiger partial charge in [-0.25, -0.2) is 4.98 Å². The third-order valence-electron chi connectivity index (χ3n) is 4.13. The summed E-state index contributed by atoms with van der Waals surface area (Å²) < 4.78 is 6.44. The molecular weight excluding hydrogens is 368 g/mol. The van der Waals surface area contributed by atoms with Crippen LogP contribution in [0, 0.1) is 6.92 Å². The molecule has 1 amide bonds. The molecule has 0 unspecified atom stereocenters. The zero-order chi connectivity index (χ0) is 18.1. The zero-order valence-corrected chi connectivity index (χ0v) is 15.6. The Morgan fingerprint density at radius 2 is 1.96 bits per heavy atom. The van der Waals surface area contributed by atoms with Crippen LogP contribution in [0.2, 0.25) is 5.02 Å². The molecule has 0 aliphatic carbocycles. The van der Waals surface area contributed by atoms with Gasteiger partial charge in [-0.05, 0) is 48.9 Å². The number of amides is 1. The maximum Gasteiger partial charge on any atom is 0.260 e. The summed E-state index contributed by atoms with van der Waals surface area (Å²) in [5.41, 5.74) is 2.34. The first-order chi connectivity index (χ1) is 12.6. The molecule has 0 saturated heterocycles. The van der Waals surface area contributed by atoms with Crippen molar-refractivity contribution in [2.75, 3.05) is 4.90 Å². The van der Waals surface area contributed by atoms with Gasteiger partial charge in [-0.2, -0.15) is 0 Å². The molecule has 2 aromatic carbocycles. The Balaban J connectivity index is 1.80. The molecule has 0 saturated carbocycles. The first-order valence-corrected chi connectivity index (χ1v) is 9.28. The van der Waals surface area contributed by atoms with E-state index in [2.05, 4.69) is 0 Å². The van der Waals surface area contributed by atoms with Gasteiger partial charge in [0.15, 0.2) is 5.13 Å². The van der Waals surface area contributed by atoms with Gasteiger partial charge in [0.25, 0.3) is 5.91 Å². The molecule has 6 heteroatoms. The van der Waals surface area contributed by atoms with E-state index in [9.17, 15) is 4.79 Å². The number of rotatable bonds is 4. The van der Waals surface area contributed by atoms with Crippen LogP contribution in [0.1, 0.15) is 21.7 Å². The Morgan fingerprint density at radius 1 is 1.15 bits per heavy atom. The van der Waals surface area contributed by atoms with E-state index in [-0.39, 0.29) is 5.91 Å². The van der Waals surface area contributed by atoms with Crippen molar-refractivity contribution in [3.63, 3.8) is 0 Å². The van der Waals surface area contributed by atoms with Gasteiger partial charge in [-0.1, -0.05) is 41.1 Å². The molecule has 0 radical (unpaired) electrons. The average Bonchev–Trinajstić information content (AvgIpc) is 3.33. The summed E-state index contributed by atoms with van der Waals surface area (Å²) in [5, 5.41) is 1.29. The van der Waals surface area contributed by atoms with Crippen molar-refractivity contribution < 1.29 is 9.21 Å². The van der Waals surface area contributed by atoms with Gasteiger partial charge < -0.3 is 4.42 Å². The third-order valence-corrected chi connectivity index (χ3v) is 5.58. The summed E-state index contributed by atoms with van der Waals surface area (Å²) in [5.74, 6) is 0.577. The third kappa shape index (κ3) is 3.11. The fourth-order valence-electron chi connectivity index (χ4n) is 2.73. The van der Waals surface area contributed by atoms with Crippen molar-refractivity contribution >= 4 is 44.2 Å². The average molecular weight is 383 g/mol. The molecular formula is C20H15ClN2O2S.